The quantitative estimate of drug-likeness (QED) is 0.530. The van der Waals surface area contributed by atoms with E-state index in [4.69, 9.17) is 0 Å². The Hall–Kier alpha value is -2.53. The molecule has 0 spiro atoms. The highest BCUT2D eigenvalue weighted by Gasteiger charge is 2.41. The van der Waals surface area contributed by atoms with E-state index in [1.165, 1.54) is 7.11 Å². The summed E-state index contributed by atoms with van der Waals surface area (Å²) in [6.45, 7) is 0.746. The number of carbonyl (C=O) groups is 2. The number of ether oxygens (including phenoxy) is 2. The van der Waals surface area contributed by atoms with Gasteiger partial charge in [0.1, 0.15) is 11.9 Å². The Morgan fingerprint density at radius 3 is 2.61 bits per heavy atom. The average molecular weight is 529 g/mol. The van der Waals surface area contributed by atoms with E-state index in [0.717, 1.165) is 15.7 Å². The number of nitrogens with one attached hydrogen (secondary N) is 2. The molecule has 2 aromatic rings. The van der Waals surface area contributed by atoms with Gasteiger partial charge in [0.25, 0.3) is 0 Å². The minimum atomic E-state index is -2.88. The number of aromatic nitrogens is 2. The van der Waals surface area contributed by atoms with E-state index in [0.29, 0.717) is 12.2 Å². The van der Waals surface area contributed by atoms with Gasteiger partial charge in [0.15, 0.2) is 0 Å². The highest BCUT2D eigenvalue weighted by molar-refractivity contribution is 9.10. The number of imidazole rings is 1. The summed E-state index contributed by atoms with van der Waals surface area (Å²) in [6.07, 6.45) is 1.36. The van der Waals surface area contributed by atoms with Crippen LogP contribution in [0, 0.1) is 11.8 Å². The molecule has 0 radical (unpaired) electrons. The number of nitrogens with zero attached hydrogens (tertiary/aromatic N) is 2. The van der Waals surface area contributed by atoms with Crippen LogP contribution in [0.4, 0.5) is 13.6 Å². The molecular formula is C22H27BrF2N4O4. The van der Waals surface area contributed by atoms with Crippen LogP contribution in [0.5, 0.6) is 0 Å². The summed E-state index contributed by atoms with van der Waals surface area (Å²) in [5.41, 5.74) is 1.68. The van der Waals surface area contributed by atoms with Crippen LogP contribution in [-0.2, 0) is 14.3 Å². The highest BCUT2D eigenvalue weighted by atomic mass is 79.9. The summed E-state index contributed by atoms with van der Waals surface area (Å²) in [5, 5.41) is 2.58. The molecule has 180 valence electrons. The van der Waals surface area contributed by atoms with Gasteiger partial charge in [-0.2, -0.15) is 8.78 Å². The van der Waals surface area contributed by atoms with Gasteiger partial charge in [-0.25, -0.2) is 9.78 Å². The lowest BCUT2D eigenvalue weighted by Crippen LogP contribution is -2.51. The third-order valence-corrected chi connectivity index (χ3v) is 6.12. The fourth-order valence-electron chi connectivity index (χ4n) is 3.92. The van der Waals surface area contributed by atoms with Gasteiger partial charge in [-0.05, 0) is 30.0 Å². The Morgan fingerprint density at radius 2 is 2.00 bits per heavy atom. The van der Waals surface area contributed by atoms with Crippen molar-refractivity contribution in [2.75, 3.05) is 20.3 Å². The van der Waals surface area contributed by atoms with Crippen LogP contribution in [0.1, 0.15) is 32.1 Å². The maximum absolute atomic E-state index is 13.4. The maximum atomic E-state index is 13.4. The molecule has 1 aromatic carbocycles. The minimum absolute atomic E-state index is 0.186. The van der Waals surface area contributed by atoms with E-state index in [9.17, 15) is 18.4 Å². The lowest BCUT2D eigenvalue weighted by atomic mass is 10.0. The molecule has 0 unspecified atom stereocenters. The summed E-state index contributed by atoms with van der Waals surface area (Å²) in [7, 11) is 1.22. The molecule has 1 aromatic heterocycles. The molecule has 1 fully saturated rings. The second-order valence-electron chi connectivity index (χ2n) is 8.25. The van der Waals surface area contributed by atoms with E-state index in [-0.39, 0.29) is 30.9 Å². The molecule has 3 atom stereocenters. The molecule has 1 saturated heterocycles. The van der Waals surface area contributed by atoms with Crippen LogP contribution in [0.15, 0.2) is 34.9 Å². The van der Waals surface area contributed by atoms with Crippen molar-refractivity contribution in [2.45, 2.75) is 39.0 Å². The predicted octanol–water partition coefficient (Wildman–Crippen LogP) is 4.35. The summed E-state index contributed by atoms with van der Waals surface area (Å²) in [4.78, 5) is 34.5. The van der Waals surface area contributed by atoms with Gasteiger partial charge in [-0.1, -0.05) is 41.9 Å². The number of methoxy groups -OCH3 is 1. The normalized spacial score (nSPS) is 19.2. The number of benzene rings is 1. The monoisotopic (exact) mass is 528 g/mol. The summed E-state index contributed by atoms with van der Waals surface area (Å²) < 4.78 is 35.3. The van der Waals surface area contributed by atoms with Crippen molar-refractivity contribution in [1.82, 2.24) is 20.2 Å². The first kappa shape index (κ1) is 25.1. The fourth-order valence-corrected chi connectivity index (χ4v) is 4.18. The number of hydrogen-bond acceptors (Lipinski definition) is 5. The number of amides is 2. The van der Waals surface area contributed by atoms with Crippen molar-refractivity contribution < 1.29 is 27.8 Å². The first-order valence-corrected chi connectivity index (χ1v) is 11.3. The number of likely N-dealkylation sites (tertiary alicyclic amines) is 1. The molecule has 8 nitrogen and oxygen atoms in total. The fraction of sp³-hybridized carbons (Fsp3) is 0.500. The Labute approximate surface area is 199 Å². The Balaban J connectivity index is 1.86. The van der Waals surface area contributed by atoms with Crippen molar-refractivity contribution in [3.05, 3.63) is 40.8 Å². The van der Waals surface area contributed by atoms with Crippen LogP contribution in [-0.4, -0.2) is 59.8 Å². The van der Waals surface area contributed by atoms with Crippen molar-refractivity contribution >= 4 is 27.9 Å². The number of halogens is 3. The third-order valence-electron chi connectivity index (χ3n) is 5.59. The van der Waals surface area contributed by atoms with Crippen LogP contribution < -0.4 is 5.32 Å². The molecule has 3 rings (SSSR count). The molecule has 2 N–H and O–H groups in total. The second kappa shape index (κ2) is 11.1. The zero-order chi connectivity index (χ0) is 24.1. The topological polar surface area (TPSA) is 96.6 Å². The highest BCUT2D eigenvalue weighted by Crippen LogP contribution is 2.36. The van der Waals surface area contributed by atoms with E-state index in [2.05, 4.69) is 40.7 Å². The van der Waals surface area contributed by atoms with Crippen LogP contribution in [0.3, 0.4) is 0 Å². The number of hydrogen-bond donors (Lipinski definition) is 2. The molecular weight excluding hydrogens is 502 g/mol. The van der Waals surface area contributed by atoms with Crippen molar-refractivity contribution in [1.29, 1.82) is 0 Å². The van der Waals surface area contributed by atoms with Gasteiger partial charge in [-0.15, -0.1) is 0 Å². The van der Waals surface area contributed by atoms with Crippen molar-refractivity contribution in [2.24, 2.45) is 11.8 Å². The largest absolute Gasteiger partial charge is 0.453 e. The number of carbonyl (C=O) groups excluding carboxylic acids is 2. The third kappa shape index (κ3) is 6.29. The number of rotatable bonds is 8. The van der Waals surface area contributed by atoms with Crippen molar-refractivity contribution in [3.63, 3.8) is 0 Å². The Kier molecular flexibility index (Phi) is 8.41. The second-order valence-corrected chi connectivity index (χ2v) is 9.16. The van der Waals surface area contributed by atoms with Crippen molar-refractivity contribution in [3.8, 4) is 11.3 Å². The first-order valence-electron chi connectivity index (χ1n) is 10.5. The van der Waals surface area contributed by atoms with Gasteiger partial charge in [0.05, 0.1) is 31.6 Å². The van der Waals surface area contributed by atoms with Gasteiger partial charge in [0, 0.05) is 16.9 Å². The molecule has 2 amide bonds. The van der Waals surface area contributed by atoms with Crippen LogP contribution in [0.25, 0.3) is 11.3 Å². The molecule has 11 heteroatoms. The van der Waals surface area contributed by atoms with E-state index < -0.39 is 24.8 Å². The van der Waals surface area contributed by atoms with E-state index in [1.54, 1.807) is 24.9 Å². The van der Waals surface area contributed by atoms with Gasteiger partial charge in [0.2, 0.25) is 5.91 Å². The SMILES string of the molecule is COC(=O)N[C@H](C(=O)N1C[C@@H](COC(F)F)C[C@H]1c1ncc(-c2ccc(Br)cc2)[nH]1)C(C)C. The number of aromatic amines is 1. The molecule has 33 heavy (non-hydrogen) atoms. The minimum Gasteiger partial charge on any atom is -0.453 e. The predicted molar refractivity (Wildman–Crippen MR) is 120 cm³/mol. The molecule has 0 saturated carbocycles. The zero-order valence-corrected chi connectivity index (χ0v) is 20.1. The number of alkyl halides is 2. The maximum Gasteiger partial charge on any atom is 0.407 e. The van der Waals surface area contributed by atoms with Gasteiger partial charge >= 0.3 is 12.7 Å². The van der Waals surface area contributed by atoms with E-state index in [1.807, 2.05) is 24.3 Å². The molecule has 0 aliphatic carbocycles. The molecule has 1 aliphatic rings. The lowest BCUT2D eigenvalue weighted by Gasteiger charge is -2.30. The van der Waals surface area contributed by atoms with Gasteiger partial charge in [-0.3, -0.25) is 4.79 Å². The van der Waals surface area contributed by atoms with Crippen LogP contribution >= 0.6 is 15.9 Å². The Bertz CT molecular complexity index is 954. The first-order chi connectivity index (χ1) is 15.7. The van der Waals surface area contributed by atoms with Gasteiger partial charge < -0.3 is 24.7 Å². The Morgan fingerprint density at radius 1 is 1.30 bits per heavy atom. The number of alkyl carbamates (subject to hydrolysis) is 1. The molecule has 2 heterocycles. The summed E-state index contributed by atoms with van der Waals surface area (Å²) in [6, 6.07) is 6.35. The summed E-state index contributed by atoms with van der Waals surface area (Å²) >= 11 is 3.41. The number of H-pyrrole nitrogens is 1. The molecule has 1 aliphatic heterocycles. The standard InChI is InChI=1S/C22H27BrF2N4O4/c1-12(2)18(28-22(31)32-3)20(30)29-10-13(11-33-21(24)25)8-17(29)19-26-9-16(27-19)14-4-6-15(23)7-5-14/h4-7,9,12-13,17-18,21H,8,10-11H2,1-3H3,(H,26,27)(H,28,31)/t13-,17-,18-/m0/s1. The van der Waals surface area contributed by atoms with Crippen LogP contribution in [0.2, 0.25) is 0 Å². The lowest BCUT2D eigenvalue weighted by molar-refractivity contribution is -0.139. The van der Waals surface area contributed by atoms with E-state index >= 15 is 0 Å². The zero-order valence-electron chi connectivity index (χ0n) is 18.6. The average Bonchev–Trinajstić information content (AvgIpc) is 3.43. The smallest absolute Gasteiger partial charge is 0.407 e. The molecule has 0 bridgehead atoms. The summed E-state index contributed by atoms with van der Waals surface area (Å²) in [5.74, 6) is -0.313.